The monoisotopic (exact) mass is 378 g/mol. The van der Waals surface area contributed by atoms with E-state index >= 15 is 0 Å². The van der Waals surface area contributed by atoms with Crippen molar-refractivity contribution in [1.29, 1.82) is 0 Å². The molecule has 0 saturated carbocycles. The molecule has 0 atom stereocenters. The zero-order chi connectivity index (χ0) is 19.9. The van der Waals surface area contributed by atoms with Gasteiger partial charge in [0.1, 0.15) is 17.2 Å². The molecule has 2 aromatic carbocycles. The number of ketones is 1. The fraction of sp³-hybridized carbons (Fsp3) is 0.182. The van der Waals surface area contributed by atoms with Gasteiger partial charge in [-0.1, -0.05) is 12.1 Å². The lowest BCUT2D eigenvalue weighted by Gasteiger charge is -2.10. The Bertz CT molecular complexity index is 978. The van der Waals surface area contributed by atoms with E-state index < -0.39 is 0 Å². The highest BCUT2D eigenvalue weighted by molar-refractivity contribution is 6.08. The van der Waals surface area contributed by atoms with Crippen molar-refractivity contribution in [3.63, 3.8) is 0 Å². The number of nitrogens with zero attached hydrogens (tertiary/aromatic N) is 2. The van der Waals surface area contributed by atoms with Gasteiger partial charge in [-0.05, 0) is 48.0 Å². The Morgan fingerprint density at radius 2 is 1.82 bits per heavy atom. The first-order valence-corrected chi connectivity index (χ1v) is 8.73. The van der Waals surface area contributed by atoms with Gasteiger partial charge >= 0.3 is 0 Å². The average Bonchev–Trinajstić information content (AvgIpc) is 3.24. The molecule has 3 aromatic rings. The first-order valence-electron chi connectivity index (χ1n) is 8.73. The first kappa shape index (κ1) is 19.2. The molecular weight excluding hydrogens is 356 g/mol. The summed E-state index contributed by atoms with van der Waals surface area (Å²) >= 11 is 0. The maximum absolute atomic E-state index is 12.7. The van der Waals surface area contributed by atoms with E-state index in [1.165, 1.54) is 13.2 Å². The first-order chi connectivity index (χ1) is 13.6. The molecule has 6 nitrogen and oxygen atoms in total. The van der Waals surface area contributed by atoms with E-state index in [4.69, 9.17) is 14.2 Å². The largest absolute Gasteiger partial charge is 0.497 e. The molecule has 0 aliphatic carbocycles. The molecule has 0 unspecified atom stereocenters. The second-order valence-electron chi connectivity index (χ2n) is 6.04. The van der Waals surface area contributed by atoms with Crippen LogP contribution in [0.4, 0.5) is 0 Å². The quantitative estimate of drug-likeness (QED) is 0.440. The molecule has 6 heteroatoms. The zero-order valence-electron chi connectivity index (χ0n) is 16.1. The number of carbonyl (C=O) groups excluding carboxylic acids is 1. The van der Waals surface area contributed by atoms with E-state index in [0.29, 0.717) is 23.6 Å². The molecule has 0 saturated heterocycles. The number of methoxy groups -OCH3 is 3. The Morgan fingerprint density at radius 3 is 2.50 bits per heavy atom. The standard InChI is InChI=1S/C22H22N2O4/c1-26-18-7-10-22(28-3)19(14-18)20(25)8-5-16-6-9-21(27-2)17(13-16)15-24-12-4-11-23-24/h4-14H,15H2,1-3H3/b8-5+. The van der Waals surface area contributed by atoms with E-state index in [2.05, 4.69) is 5.10 Å². The van der Waals surface area contributed by atoms with Crippen molar-refractivity contribution in [2.75, 3.05) is 21.3 Å². The van der Waals surface area contributed by atoms with Crippen molar-refractivity contribution in [3.8, 4) is 17.2 Å². The number of benzene rings is 2. The van der Waals surface area contributed by atoms with Crippen LogP contribution in [0.1, 0.15) is 21.5 Å². The van der Waals surface area contributed by atoms with Crippen LogP contribution in [0.25, 0.3) is 6.08 Å². The average molecular weight is 378 g/mol. The molecule has 0 amide bonds. The van der Waals surface area contributed by atoms with Crippen LogP contribution < -0.4 is 14.2 Å². The van der Waals surface area contributed by atoms with Gasteiger partial charge in [0.2, 0.25) is 0 Å². The minimum atomic E-state index is -0.166. The fourth-order valence-electron chi connectivity index (χ4n) is 2.86. The fourth-order valence-corrected chi connectivity index (χ4v) is 2.86. The SMILES string of the molecule is COc1ccc(OC)c(C(=O)/C=C/c2ccc(OC)c(Cn3cccn3)c2)c1. The molecule has 28 heavy (non-hydrogen) atoms. The van der Waals surface area contributed by atoms with Crippen LogP contribution in [0, 0.1) is 0 Å². The number of carbonyl (C=O) groups is 1. The van der Waals surface area contributed by atoms with Crippen molar-refractivity contribution >= 4 is 11.9 Å². The second kappa shape index (κ2) is 8.90. The summed E-state index contributed by atoms with van der Waals surface area (Å²) in [6.07, 6.45) is 6.92. The van der Waals surface area contributed by atoms with Gasteiger partial charge in [0, 0.05) is 18.0 Å². The number of hydrogen-bond acceptors (Lipinski definition) is 5. The molecule has 0 aliphatic heterocycles. The van der Waals surface area contributed by atoms with Crippen LogP contribution in [-0.2, 0) is 6.54 Å². The third-order valence-corrected chi connectivity index (χ3v) is 4.30. The van der Waals surface area contributed by atoms with Gasteiger partial charge in [0.15, 0.2) is 5.78 Å². The number of ether oxygens (including phenoxy) is 3. The van der Waals surface area contributed by atoms with E-state index in [0.717, 1.165) is 16.9 Å². The van der Waals surface area contributed by atoms with Crippen molar-refractivity contribution in [2.24, 2.45) is 0 Å². The summed E-state index contributed by atoms with van der Waals surface area (Å²) in [4.78, 5) is 12.7. The smallest absolute Gasteiger partial charge is 0.189 e. The summed E-state index contributed by atoms with van der Waals surface area (Å²) in [5.74, 6) is 1.71. The van der Waals surface area contributed by atoms with E-state index in [9.17, 15) is 4.79 Å². The summed E-state index contributed by atoms with van der Waals surface area (Å²) in [5, 5.41) is 4.23. The van der Waals surface area contributed by atoms with Gasteiger partial charge in [-0.25, -0.2) is 0 Å². The summed E-state index contributed by atoms with van der Waals surface area (Å²) < 4.78 is 17.7. The lowest BCUT2D eigenvalue weighted by atomic mass is 10.1. The molecule has 1 aromatic heterocycles. The molecule has 1 heterocycles. The summed E-state index contributed by atoms with van der Waals surface area (Å²) in [7, 11) is 4.73. The minimum Gasteiger partial charge on any atom is -0.497 e. The Hall–Kier alpha value is -3.54. The lowest BCUT2D eigenvalue weighted by Crippen LogP contribution is -2.02. The highest BCUT2D eigenvalue weighted by Crippen LogP contribution is 2.25. The Kier molecular flexibility index (Phi) is 6.11. The number of allylic oxidation sites excluding steroid dienone is 1. The minimum absolute atomic E-state index is 0.166. The predicted octanol–water partition coefficient (Wildman–Crippen LogP) is 3.85. The van der Waals surface area contributed by atoms with Crippen LogP contribution in [-0.4, -0.2) is 36.9 Å². The molecule has 144 valence electrons. The summed E-state index contributed by atoms with van der Waals surface area (Å²) in [6, 6.07) is 12.8. The Labute approximate surface area is 164 Å². The van der Waals surface area contributed by atoms with Gasteiger partial charge in [0.25, 0.3) is 0 Å². The lowest BCUT2D eigenvalue weighted by molar-refractivity contribution is 0.104. The van der Waals surface area contributed by atoms with Crippen molar-refractivity contribution in [1.82, 2.24) is 9.78 Å². The third kappa shape index (κ3) is 4.40. The van der Waals surface area contributed by atoms with Crippen LogP contribution >= 0.6 is 0 Å². The van der Waals surface area contributed by atoms with Gasteiger partial charge in [0.05, 0.1) is 33.4 Å². The van der Waals surface area contributed by atoms with Crippen LogP contribution in [0.5, 0.6) is 17.2 Å². The molecule has 0 bridgehead atoms. The number of aromatic nitrogens is 2. The van der Waals surface area contributed by atoms with Crippen LogP contribution in [0.3, 0.4) is 0 Å². The van der Waals surface area contributed by atoms with Crippen LogP contribution in [0.2, 0.25) is 0 Å². The van der Waals surface area contributed by atoms with Crippen molar-refractivity contribution in [3.05, 3.63) is 77.6 Å². The molecule has 0 radical (unpaired) electrons. The zero-order valence-corrected chi connectivity index (χ0v) is 16.1. The highest BCUT2D eigenvalue weighted by Gasteiger charge is 2.11. The van der Waals surface area contributed by atoms with Gasteiger partial charge in [-0.15, -0.1) is 0 Å². The third-order valence-electron chi connectivity index (χ3n) is 4.30. The topological polar surface area (TPSA) is 62.6 Å². The number of hydrogen-bond donors (Lipinski definition) is 0. The van der Waals surface area contributed by atoms with E-state index in [1.54, 1.807) is 44.7 Å². The van der Waals surface area contributed by atoms with Gasteiger partial charge < -0.3 is 14.2 Å². The van der Waals surface area contributed by atoms with Gasteiger partial charge in [-0.3, -0.25) is 9.48 Å². The van der Waals surface area contributed by atoms with Crippen molar-refractivity contribution < 1.29 is 19.0 Å². The van der Waals surface area contributed by atoms with Crippen LogP contribution in [0.15, 0.2) is 60.9 Å². The molecule has 3 rings (SSSR count). The number of rotatable bonds is 8. The Morgan fingerprint density at radius 1 is 1.04 bits per heavy atom. The second-order valence-corrected chi connectivity index (χ2v) is 6.04. The van der Waals surface area contributed by atoms with E-state index in [1.807, 2.05) is 35.1 Å². The summed E-state index contributed by atoms with van der Waals surface area (Å²) in [5.41, 5.74) is 2.31. The van der Waals surface area contributed by atoms with E-state index in [-0.39, 0.29) is 5.78 Å². The maximum Gasteiger partial charge on any atom is 0.189 e. The molecule has 0 fully saturated rings. The molecular formula is C22H22N2O4. The molecule has 0 aliphatic rings. The maximum atomic E-state index is 12.7. The molecule has 0 spiro atoms. The normalized spacial score (nSPS) is 10.8. The predicted molar refractivity (Wildman–Crippen MR) is 107 cm³/mol. The molecule has 0 N–H and O–H groups in total. The van der Waals surface area contributed by atoms with Gasteiger partial charge in [-0.2, -0.15) is 5.10 Å². The Balaban J connectivity index is 1.85. The van der Waals surface area contributed by atoms with Crippen molar-refractivity contribution in [2.45, 2.75) is 6.54 Å². The highest BCUT2D eigenvalue weighted by atomic mass is 16.5. The summed E-state index contributed by atoms with van der Waals surface area (Å²) in [6.45, 7) is 0.579.